The molecule has 23 heavy (non-hydrogen) atoms. The number of benzene rings is 2. The fourth-order valence-corrected chi connectivity index (χ4v) is 4.81. The first-order chi connectivity index (χ1) is 11.1. The van der Waals surface area contributed by atoms with E-state index in [0.717, 1.165) is 12.8 Å². The first kappa shape index (κ1) is 14.6. The predicted molar refractivity (Wildman–Crippen MR) is 98.5 cm³/mol. The minimum Gasteiger partial charge on any atom is -0.363 e. The molecule has 120 valence electrons. The highest BCUT2D eigenvalue weighted by Gasteiger charge is 2.57. The first-order valence-corrected chi connectivity index (χ1v) is 8.81. The molecular formula is C21H26N2. The number of hydrogen-bond acceptors (Lipinski definition) is 2. The summed E-state index contributed by atoms with van der Waals surface area (Å²) in [5.74, 6) is 0. The summed E-state index contributed by atoms with van der Waals surface area (Å²) in [5.41, 5.74) is 5.74. The topological polar surface area (TPSA) is 15.3 Å². The maximum atomic E-state index is 3.83. The molecule has 2 nitrogen and oxygen atoms in total. The van der Waals surface area contributed by atoms with Gasteiger partial charge < -0.3 is 10.2 Å². The van der Waals surface area contributed by atoms with E-state index in [-0.39, 0.29) is 10.8 Å². The van der Waals surface area contributed by atoms with Gasteiger partial charge >= 0.3 is 0 Å². The van der Waals surface area contributed by atoms with Crippen LogP contribution in [0.3, 0.4) is 0 Å². The molecular weight excluding hydrogens is 280 g/mol. The van der Waals surface area contributed by atoms with Crippen molar-refractivity contribution in [3.05, 3.63) is 54.1 Å². The van der Waals surface area contributed by atoms with Crippen molar-refractivity contribution in [2.45, 2.75) is 52.1 Å². The van der Waals surface area contributed by atoms with Gasteiger partial charge in [-0.1, -0.05) is 58.0 Å². The van der Waals surface area contributed by atoms with Gasteiger partial charge in [0.05, 0.1) is 11.4 Å². The van der Waals surface area contributed by atoms with Gasteiger partial charge in [0, 0.05) is 16.5 Å². The third-order valence-electron chi connectivity index (χ3n) is 6.78. The van der Waals surface area contributed by atoms with E-state index in [1.807, 2.05) is 0 Å². The summed E-state index contributed by atoms with van der Waals surface area (Å²) in [5, 5.41) is 3.83. The molecule has 2 aromatic carbocycles. The second-order valence-corrected chi connectivity index (χ2v) is 7.41. The Morgan fingerprint density at radius 1 is 0.913 bits per heavy atom. The van der Waals surface area contributed by atoms with Gasteiger partial charge in [-0.3, -0.25) is 0 Å². The Morgan fingerprint density at radius 3 is 2.26 bits per heavy atom. The fourth-order valence-electron chi connectivity index (χ4n) is 4.81. The Hall–Kier alpha value is -1.96. The highest BCUT2D eigenvalue weighted by molar-refractivity contribution is 5.85. The molecule has 2 heterocycles. The fraction of sp³-hybridized carbons (Fsp3) is 0.429. The van der Waals surface area contributed by atoms with Crippen molar-refractivity contribution in [3.63, 3.8) is 0 Å². The van der Waals surface area contributed by atoms with Crippen LogP contribution in [0.2, 0.25) is 0 Å². The van der Waals surface area contributed by atoms with E-state index in [9.17, 15) is 0 Å². The van der Waals surface area contributed by atoms with Crippen LogP contribution >= 0.6 is 0 Å². The van der Waals surface area contributed by atoms with E-state index in [1.165, 1.54) is 22.6 Å². The number of anilines is 3. The van der Waals surface area contributed by atoms with Crippen LogP contribution in [0.4, 0.5) is 17.1 Å². The monoisotopic (exact) mass is 306 g/mol. The second kappa shape index (κ2) is 4.77. The van der Waals surface area contributed by atoms with Gasteiger partial charge in [-0.15, -0.1) is 0 Å². The molecule has 0 aliphatic carbocycles. The summed E-state index contributed by atoms with van der Waals surface area (Å²) in [4.78, 5) is 2.53. The van der Waals surface area contributed by atoms with E-state index in [0.29, 0.717) is 6.17 Å². The minimum atomic E-state index is 0.161. The molecule has 0 saturated heterocycles. The van der Waals surface area contributed by atoms with Gasteiger partial charge in [0.2, 0.25) is 0 Å². The molecule has 0 saturated carbocycles. The molecule has 0 spiro atoms. The van der Waals surface area contributed by atoms with E-state index in [4.69, 9.17) is 0 Å². The van der Waals surface area contributed by atoms with Crippen molar-refractivity contribution < 1.29 is 0 Å². The summed E-state index contributed by atoms with van der Waals surface area (Å²) in [7, 11) is 0. The Bertz CT molecular complexity index is 753. The molecule has 3 unspecified atom stereocenters. The molecule has 1 N–H and O–H groups in total. The molecule has 0 bridgehead atoms. The summed E-state index contributed by atoms with van der Waals surface area (Å²) in [6.07, 6.45) is 2.61. The Labute approximate surface area is 139 Å². The molecule has 0 aromatic heterocycles. The number of rotatable bonds is 2. The van der Waals surface area contributed by atoms with Crippen LogP contribution in [0.15, 0.2) is 48.5 Å². The average molecular weight is 306 g/mol. The number of para-hydroxylation sites is 3. The minimum absolute atomic E-state index is 0.161. The van der Waals surface area contributed by atoms with Gasteiger partial charge in [-0.25, -0.2) is 0 Å². The van der Waals surface area contributed by atoms with Gasteiger partial charge in [0.25, 0.3) is 0 Å². The zero-order chi connectivity index (χ0) is 16.2. The largest absolute Gasteiger partial charge is 0.363 e. The normalized spacial score (nSPS) is 31.1. The Morgan fingerprint density at radius 2 is 1.57 bits per heavy atom. The molecule has 2 heteroatoms. The van der Waals surface area contributed by atoms with Gasteiger partial charge in [0.15, 0.2) is 0 Å². The second-order valence-electron chi connectivity index (χ2n) is 7.41. The van der Waals surface area contributed by atoms with Crippen molar-refractivity contribution in [2.24, 2.45) is 5.41 Å². The molecule has 0 fully saturated rings. The van der Waals surface area contributed by atoms with E-state index >= 15 is 0 Å². The van der Waals surface area contributed by atoms with E-state index in [2.05, 4.69) is 86.4 Å². The number of hydrogen-bond donors (Lipinski definition) is 1. The van der Waals surface area contributed by atoms with Crippen molar-refractivity contribution in [3.8, 4) is 0 Å². The molecule has 2 aliphatic rings. The zero-order valence-electron chi connectivity index (χ0n) is 14.6. The summed E-state index contributed by atoms with van der Waals surface area (Å²) < 4.78 is 0. The third-order valence-corrected chi connectivity index (χ3v) is 6.78. The Kier molecular flexibility index (Phi) is 3.03. The molecule has 2 aliphatic heterocycles. The van der Waals surface area contributed by atoms with Gasteiger partial charge in [-0.05, 0) is 36.6 Å². The Balaban J connectivity index is 2.03. The van der Waals surface area contributed by atoms with E-state index < -0.39 is 0 Å². The van der Waals surface area contributed by atoms with Crippen molar-refractivity contribution in [2.75, 3.05) is 10.2 Å². The molecule has 0 radical (unpaired) electrons. The lowest BCUT2D eigenvalue weighted by atomic mass is 9.55. The van der Waals surface area contributed by atoms with E-state index in [1.54, 1.807) is 0 Å². The predicted octanol–water partition coefficient (Wildman–Crippen LogP) is 5.67. The smallest absolute Gasteiger partial charge is 0.110 e. The summed E-state index contributed by atoms with van der Waals surface area (Å²) in [6, 6.07) is 17.7. The van der Waals surface area contributed by atoms with Crippen LogP contribution in [0.1, 0.15) is 46.1 Å². The molecule has 3 atom stereocenters. The summed E-state index contributed by atoms with van der Waals surface area (Å²) >= 11 is 0. The number of nitrogens with one attached hydrogen (secondary N) is 1. The lowest BCUT2D eigenvalue weighted by molar-refractivity contribution is 0.105. The van der Waals surface area contributed by atoms with Crippen LogP contribution in [-0.4, -0.2) is 6.17 Å². The highest BCUT2D eigenvalue weighted by atomic mass is 15.4. The first-order valence-electron chi connectivity index (χ1n) is 8.81. The number of nitrogens with zero attached hydrogens (tertiary/aromatic N) is 1. The van der Waals surface area contributed by atoms with Gasteiger partial charge in [0.1, 0.15) is 6.17 Å². The number of fused-ring (bicyclic) bond motifs is 5. The zero-order valence-corrected chi connectivity index (χ0v) is 14.6. The SMILES string of the molecule is CCC1(C)c2ccccc2N2c3ccccc3NC2C1(C)CC. The lowest BCUT2D eigenvalue weighted by Gasteiger charge is -2.57. The van der Waals surface area contributed by atoms with Crippen LogP contribution in [-0.2, 0) is 5.41 Å². The molecule has 2 aromatic rings. The van der Waals surface area contributed by atoms with Crippen LogP contribution in [0.5, 0.6) is 0 Å². The highest BCUT2D eigenvalue weighted by Crippen LogP contribution is 2.61. The molecule has 0 amide bonds. The van der Waals surface area contributed by atoms with Crippen LogP contribution in [0.25, 0.3) is 0 Å². The third kappa shape index (κ3) is 1.64. The summed E-state index contributed by atoms with van der Waals surface area (Å²) in [6.45, 7) is 9.59. The van der Waals surface area contributed by atoms with Crippen molar-refractivity contribution in [1.82, 2.24) is 0 Å². The quantitative estimate of drug-likeness (QED) is 0.768. The average Bonchev–Trinajstić information content (AvgIpc) is 2.99. The maximum Gasteiger partial charge on any atom is 0.110 e. The van der Waals surface area contributed by atoms with Crippen LogP contribution in [0, 0.1) is 5.41 Å². The lowest BCUT2D eigenvalue weighted by Crippen LogP contribution is -2.59. The van der Waals surface area contributed by atoms with Crippen molar-refractivity contribution >= 4 is 17.1 Å². The van der Waals surface area contributed by atoms with Crippen LogP contribution < -0.4 is 10.2 Å². The van der Waals surface area contributed by atoms with Crippen molar-refractivity contribution in [1.29, 1.82) is 0 Å². The maximum absolute atomic E-state index is 3.83. The standard InChI is InChI=1S/C21H26N2/c1-5-20(3)15-11-7-9-13-17(15)23-18-14-10-8-12-16(18)22-19(23)21(20,4)6-2/h7-14,19,22H,5-6H2,1-4H3. The van der Waals surface area contributed by atoms with Gasteiger partial charge in [-0.2, -0.15) is 0 Å². The molecule has 4 rings (SSSR count).